The highest BCUT2D eigenvalue weighted by Gasteiger charge is 2.01. The number of nitrogens with zero attached hydrogens (tertiary/aromatic N) is 2. The number of aromatic nitrogens is 2. The van der Waals surface area contributed by atoms with E-state index in [0.29, 0.717) is 0 Å². The molecule has 0 amide bonds. The molecule has 3 heteroatoms. The van der Waals surface area contributed by atoms with Gasteiger partial charge < -0.3 is 5.11 Å². The lowest BCUT2D eigenvalue weighted by Gasteiger charge is -2.03. The van der Waals surface area contributed by atoms with Crippen LogP contribution in [-0.4, -0.2) is 15.1 Å². The molecule has 1 aromatic carbocycles. The summed E-state index contributed by atoms with van der Waals surface area (Å²) < 4.78 is 0. The second-order valence-corrected chi connectivity index (χ2v) is 3.85. The van der Waals surface area contributed by atoms with Gasteiger partial charge in [-0.3, -0.25) is 9.97 Å². The van der Waals surface area contributed by atoms with E-state index in [0.717, 1.165) is 22.0 Å². The van der Waals surface area contributed by atoms with Gasteiger partial charge in [-0.2, -0.15) is 0 Å². The summed E-state index contributed by atoms with van der Waals surface area (Å²) in [7, 11) is 0. The summed E-state index contributed by atoms with van der Waals surface area (Å²) in [5.41, 5.74) is 2.78. The van der Waals surface area contributed by atoms with Crippen molar-refractivity contribution in [2.45, 2.75) is 0 Å². The average Bonchev–Trinajstić information content (AvgIpc) is 2.38. The highest BCUT2D eigenvalue weighted by Crippen LogP contribution is 2.24. The molecule has 82 valence electrons. The van der Waals surface area contributed by atoms with Gasteiger partial charge in [0.05, 0.1) is 11.7 Å². The summed E-state index contributed by atoms with van der Waals surface area (Å²) in [6.45, 7) is 0. The van der Waals surface area contributed by atoms with Gasteiger partial charge in [0.1, 0.15) is 5.75 Å². The number of para-hydroxylation sites is 1. The van der Waals surface area contributed by atoms with Crippen molar-refractivity contribution in [3.05, 3.63) is 55.0 Å². The predicted molar refractivity (Wildman–Crippen MR) is 66.6 cm³/mol. The fourth-order valence-electron chi connectivity index (χ4n) is 1.81. The normalized spacial score (nSPS) is 10.6. The summed E-state index contributed by atoms with van der Waals surface area (Å²) in [6, 6.07) is 11.7. The molecule has 0 aliphatic heterocycles. The zero-order valence-corrected chi connectivity index (χ0v) is 9.04. The van der Waals surface area contributed by atoms with Gasteiger partial charge in [0, 0.05) is 28.9 Å². The maximum atomic E-state index is 9.40. The number of hydrogen-bond donors (Lipinski definition) is 1. The Morgan fingerprint density at radius 2 is 1.71 bits per heavy atom. The molecule has 0 fully saturated rings. The first-order valence-electron chi connectivity index (χ1n) is 5.32. The number of fused-ring (bicyclic) bond motifs is 1. The monoisotopic (exact) mass is 222 g/mol. The number of rotatable bonds is 1. The van der Waals surface area contributed by atoms with Crippen LogP contribution in [0.3, 0.4) is 0 Å². The average molecular weight is 222 g/mol. The SMILES string of the molecule is Oc1cncc(-c2cnc3ccccc3c2)c1. The van der Waals surface area contributed by atoms with Crippen LogP contribution in [0.25, 0.3) is 22.0 Å². The molecule has 0 bridgehead atoms. The highest BCUT2D eigenvalue weighted by molar-refractivity contribution is 5.83. The van der Waals surface area contributed by atoms with E-state index in [1.54, 1.807) is 18.5 Å². The molecule has 17 heavy (non-hydrogen) atoms. The van der Waals surface area contributed by atoms with E-state index in [-0.39, 0.29) is 5.75 Å². The highest BCUT2D eigenvalue weighted by atomic mass is 16.3. The topological polar surface area (TPSA) is 46.0 Å². The number of hydrogen-bond acceptors (Lipinski definition) is 3. The Kier molecular flexibility index (Phi) is 2.22. The minimum atomic E-state index is 0.163. The minimum Gasteiger partial charge on any atom is -0.506 e. The van der Waals surface area contributed by atoms with E-state index >= 15 is 0 Å². The van der Waals surface area contributed by atoms with Crippen LogP contribution in [0.4, 0.5) is 0 Å². The van der Waals surface area contributed by atoms with Gasteiger partial charge in [-0.05, 0) is 18.2 Å². The lowest BCUT2D eigenvalue weighted by molar-refractivity contribution is 0.473. The summed E-state index contributed by atoms with van der Waals surface area (Å²) >= 11 is 0. The Morgan fingerprint density at radius 3 is 2.59 bits per heavy atom. The Balaban J connectivity index is 2.18. The van der Waals surface area contributed by atoms with Crippen LogP contribution < -0.4 is 0 Å². The van der Waals surface area contributed by atoms with E-state index in [1.807, 2.05) is 30.3 Å². The van der Waals surface area contributed by atoms with Gasteiger partial charge in [-0.15, -0.1) is 0 Å². The van der Waals surface area contributed by atoms with Gasteiger partial charge >= 0.3 is 0 Å². The van der Waals surface area contributed by atoms with Gasteiger partial charge in [-0.25, -0.2) is 0 Å². The zero-order valence-electron chi connectivity index (χ0n) is 9.04. The largest absolute Gasteiger partial charge is 0.506 e. The molecule has 3 aromatic rings. The lowest BCUT2D eigenvalue weighted by atomic mass is 10.1. The van der Waals surface area contributed by atoms with Crippen LogP contribution in [0.2, 0.25) is 0 Å². The van der Waals surface area contributed by atoms with Crippen molar-refractivity contribution in [1.29, 1.82) is 0 Å². The summed E-state index contributed by atoms with van der Waals surface area (Å²) in [5.74, 6) is 0.163. The Bertz CT molecular complexity index is 680. The molecule has 0 aliphatic rings. The van der Waals surface area contributed by atoms with Crippen LogP contribution in [0, 0.1) is 0 Å². The molecule has 0 unspecified atom stereocenters. The fourth-order valence-corrected chi connectivity index (χ4v) is 1.81. The van der Waals surface area contributed by atoms with Gasteiger partial charge in [0.25, 0.3) is 0 Å². The van der Waals surface area contributed by atoms with Gasteiger partial charge in [0.15, 0.2) is 0 Å². The third-order valence-corrected chi connectivity index (χ3v) is 2.65. The van der Waals surface area contributed by atoms with E-state index < -0.39 is 0 Å². The molecule has 0 saturated heterocycles. The third-order valence-electron chi connectivity index (χ3n) is 2.65. The molecule has 0 atom stereocenters. The van der Waals surface area contributed by atoms with E-state index in [1.165, 1.54) is 6.20 Å². The zero-order chi connectivity index (χ0) is 11.7. The Hall–Kier alpha value is -2.42. The van der Waals surface area contributed by atoms with Crippen LogP contribution in [-0.2, 0) is 0 Å². The number of benzene rings is 1. The second kappa shape index (κ2) is 3.87. The van der Waals surface area contributed by atoms with Crippen molar-refractivity contribution in [2.75, 3.05) is 0 Å². The van der Waals surface area contributed by atoms with Crippen molar-refractivity contribution in [1.82, 2.24) is 9.97 Å². The van der Waals surface area contributed by atoms with Crippen LogP contribution in [0.15, 0.2) is 55.0 Å². The van der Waals surface area contributed by atoms with Gasteiger partial charge in [-0.1, -0.05) is 18.2 Å². The molecule has 2 heterocycles. The Labute approximate surface area is 98.4 Å². The van der Waals surface area contributed by atoms with Crippen molar-refractivity contribution in [2.24, 2.45) is 0 Å². The molecule has 3 rings (SSSR count). The van der Waals surface area contributed by atoms with Crippen LogP contribution in [0.1, 0.15) is 0 Å². The second-order valence-electron chi connectivity index (χ2n) is 3.85. The lowest BCUT2D eigenvalue weighted by Crippen LogP contribution is -1.83. The van der Waals surface area contributed by atoms with Crippen LogP contribution >= 0.6 is 0 Å². The molecule has 0 radical (unpaired) electrons. The number of aromatic hydroxyl groups is 1. The standard InChI is InChI=1S/C14H10N2O/c17-13-6-12(7-15-9-13)11-5-10-3-1-2-4-14(10)16-8-11/h1-9,17H. The minimum absolute atomic E-state index is 0.163. The van der Waals surface area contributed by atoms with Crippen molar-refractivity contribution >= 4 is 10.9 Å². The summed E-state index contributed by atoms with van der Waals surface area (Å²) in [5, 5.41) is 10.5. The Morgan fingerprint density at radius 1 is 0.882 bits per heavy atom. The maximum absolute atomic E-state index is 9.40. The quantitative estimate of drug-likeness (QED) is 0.688. The molecule has 0 aliphatic carbocycles. The number of pyridine rings is 2. The van der Waals surface area contributed by atoms with E-state index in [9.17, 15) is 5.11 Å². The van der Waals surface area contributed by atoms with Gasteiger partial charge in [0.2, 0.25) is 0 Å². The van der Waals surface area contributed by atoms with Crippen molar-refractivity contribution < 1.29 is 5.11 Å². The fraction of sp³-hybridized carbons (Fsp3) is 0. The van der Waals surface area contributed by atoms with Crippen molar-refractivity contribution in [3.63, 3.8) is 0 Å². The molecule has 2 aromatic heterocycles. The molecular formula is C14H10N2O. The third kappa shape index (κ3) is 1.83. The first kappa shape index (κ1) is 9.78. The van der Waals surface area contributed by atoms with E-state index in [4.69, 9.17) is 0 Å². The molecule has 0 saturated carbocycles. The smallest absolute Gasteiger partial charge is 0.134 e. The molecule has 3 nitrogen and oxygen atoms in total. The molecule has 1 N–H and O–H groups in total. The summed E-state index contributed by atoms with van der Waals surface area (Å²) in [4.78, 5) is 8.34. The molecular weight excluding hydrogens is 212 g/mol. The summed E-state index contributed by atoms with van der Waals surface area (Å²) in [6.07, 6.45) is 4.92. The maximum Gasteiger partial charge on any atom is 0.134 e. The van der Waals surface area contributed by atoms with Crippen molar-refractivity contribution in [3.8, 4) is 16.9 Å². The molecule has 0 spiro atoms. The van der Waals surface area contributed by atoms with Crippen LogP contribution in [0.5, 0.6) is 5.75 Å². The first-order chi connectivity index (χ1) is 8.33. The first-order valence-corrected chi connectivity index (χ1v) is 5.32. The predicted octanol–water partition coefficient (Wildman–Crippen LogP) is 3.00. The van der Waals surface area contributed by atoms with E-state index in [2.05, 4.69) is 9.97 Å².